The molecule has 4 aromatic carbocycles. The Morgan fingerprint density at radius 1 is 0.905 bits per heavy atom. The summed E-state index contributed by atoms with van der Waals surface area (Å²) in [6.07, 6.45) is 6.61. The standard InChI is InChI=1S/C36H38N2O3S/c1-3-40-33-22-26(20-21-32(33)41-24-28-15-11-14-27-13-8-9-18-30(27)28)23-34-35(39)38(31-19-10-7-12-25(31)2)36(42-34)37-29-16-5-4-6-17-29/h4-6,8-9,11,13-18,20-23,25,31,36-37H,3,7,10,12,19,24H2,1-2H3/b34-23-/t25-,31+,36?/m0/s1. The van der Waals surface area contributed by atoms with Gasteiger partial charge in [-0.1, -0.05) is 98.3 Å². The number of carbonyl (C=O) groups excluding carboxylic acids is 1. The molecular weight excluding hydrogens is 540 g/mol. The second-order valence-corrected chi connectivity index (χ2v) is 12.2. The fourth-order valence-electron chi connectivity index (χ4n) is 6.09. The summed E-state index contributed by atoms with van der Waals surface area (Å²) in [6.45, 7) is 5.22. The highest BCUT2D eigenvalue weighted by Gasteiger charge is 2.42. The number of rotatable bonds is 9. The van der Waals surface area contributed by atoms with Gasteiger partial charge in [0.2, 0.25) is 0 Å². The van der Waals surface area contributed by atoms with Crippen LogP contribution in [0.15, 0.2) is 95.9 Å². The second-order valence-electron chi connectivity index (χ2n) is 11.1. The lowest BCUT2D eigenvalue weighted by Crippen LogP contribution is -2.48. The van der Waals surface area contributed by atoms with Crippen molar-refractivity contribution in [1.29, 1.82) is 0 Å². The molecule has 3 atom stereocenters. The van der Waals surface area contributed by atoms with Crippen molar-refractivity contribution in [3.8, 4) is 11.5 Å². The van der Waals surface area contributed by atoms with Crippen LogP contribution in [0.25, 0.3) is 16.8 Å². The number of nitrogens with one attached hydrogen (secondary N) is 1. The maximum absolute atomic E-state index is 13.9. The number of benzene rings is 4. The number of nitrogens with zero attached hydrogens (tertiary/aromatic N) is 1. The van der Waals surface area contributed by atoms with E-state index in [4.69, 9.17) is 9.47 Å². The minimum Gasteiger partial charge on any atom is -0.490 e. The number of carbonyl (C=O) groups is 1. The molecule has 5 nitrogen and oxygen atoms in total. The summed E-state index contributed by atoms with van der Waals surface area (Å²) >= 11 is 1.60. The normalized spacial score (nSPS) is 21.6. The van der Waals surface area contributed by atoms with E-state index in [-0.39, 0.29) is 17.4 Å². The van der Waals surface area contributed by atoms with Gasteiger partial charge in [0.1, 0.15) is 6.61 Å². The van der Waals surface area contributed by atoms with Gasteiger partial charge in [0.05, 0.1) is 11.5 Å². The Labute approximate surface area is 252 Å². The lowest BCUT2D eigenvalue weighted by molar-refractivity contribution is -0.129. The summed E-state index contributed by atoms with van der Waals surface area (Å²) < 4.78 is 12.3. The number of hydrogen-bond acceptors (Lipinski definition) is 5. The fraction of sp³-hybridized carbons (Fsp3) is 0.306. The van der Waals surface area contributed by atoms with Crippen LogP contribution in [0.1, 0.15) is 50.7 Å². The number of para-hydroxylation sites is 1. The van der Waals surface area contributed by atoms with Crippen molar-refractivity contribution in [2.75, 3.05) is 11.9 Å². The van der Waals surface area contributed by atoms with E-state index in [9.17, 15) is 4.79 Å². The van der Waals surface area contributed by atoms with Gasteiger partial charge in [-0.2, -0.15) is 0 Å². The highest BCUT2D eigenvalue weighted by molar-refractivity contribution is 8.05. The van der Waals surface area contributed by atoms with Crippen molar-refractivity contribution in [3.63, 3.8) is 0 Å². The molecule has 1 N–H and O–H groups in total. The Morgan fingerprint density at radius 2 is 1.69 bits per heavy atom. The number of thioether (sulfide) groups is 1. The molecule has 1 unspecified atom stereocenters. The summed E-state index contributed by atoms with van der Waals surface area (Å²) in [5.74, 6) is 1.95. The Morgan fingerprint density at radius 3 is 2.52 bits per heavy atom. The zero-order valence-electron chi connectivity index (χ0n) is 24.3. The molecule has 1 aliphatic heterocycles. The topological polar surface area (TPSA) is 50.8 Å². The van der Waals surface area contributed by atoms with E-state index < -0.39 is 0 Å². The van der Waals surface area contributed by atoms with E-state index in [1.165, 1.54) is 23.6 Å². The SMILES string of the molecule is CCOc1cc(/C=C2\SC(Nc3ccccc3)N([C@@H]3CCCC[C@@H]3C)C2=O)ccc1OCc1cccc2ccccc12. The largest absolute Gasteiger partial charge is 0.490 e. The molecule has 1 saturated heterocycles. The number of ether oxygens (including phenoxy) is 2. The maximum Gasteiger partial charge on any atom is 0.262 e. The highest BCUT2D eigenvalue weighted by Crippen LogP contribution is 2.42. The van der Waals surface area contributed by atoms with Crippen LogP contribution in [0.4, 0.5) is 5.69 Å². The average Bonchev–Trinajstić information content (AvgIpc) is 3.31. The third kappa shape index (κ3) is 6.14. The van der Waals surface area contributed by atoms with E-state index in [1.54, 1.807) is 11.8 Å². The number of fused-ring (bicyclic) bond motifs is 1. The first-order valence-corrected chi connectivity index (χ1v) is 15.9. The van der Waals surface area contributed by atoms with Gasteiger partial charge < -0.3 is 19.7 Å². The lowest BCUT2D eigenvalue weighted by atomic mass is 9.85. The monoisotopic (exact) mass is 578 g/mol. The van der Waals surface area contributed by atoms with Gasteiger partial charge in [0.15, 0.2) is 17.0 Å². The molecule has 2 fully saturated rings. The Kier molecular flexibility index (Phi) is 8.71. The third-order valence-electron chi connectivity index (χ3n) is 8.25. The smallest absolute Gasteiger partial charge is 0.262 e. The molecule has 42 heavy (non-hydrogen) atoms. The van der Waals surface area contributed by atoms with Crippen LogP contribution >= 0.6 is 11.8 Å². The molecule has 0 spiro atoms. The van der Waals surface area contributed by atoms with Gasteiger partial charge in [0.25, 0.3) is 5.91 Å². The summed E-state index contributed by atoms with van der Waals surface area (Å²) in [5, 5.41) is 6.01. The molecule has 1 aliphatic carbocycles. The van der Waals surface area contributed by atoms with Crippen LogP contribution < -0.4 is 14.8 Å². The van der Waals surface area contributed by atoms with Gasteiger partial charge in [-0.05, 0) is 77.9 Å². The van der Waals surface area contributed by atoms with Crippen molar-refractivity contribution in [1.82, 2.24) is 4.90 Å². The molecular formula is C36H38N2O3S. The van der Waals surface area contributed by atoms with E-state index in [1.807, 2.05) is 49.4 Å². The lowest BCUT2D eigenvalue weighted by Gasteiger charge is -2.39. The second kappa shape index (κ2) is 13.0. The van der Waals surface area contributed by atoms with Crippen molar-refractivity contribution in [2.45, 2.75) is 57.7 Å². The van der Waals surface area contributed by atoms with E-state index in [2.05, 4.69) is 71.7 Å². The van der Waals surface area contributed by atoms with Crippen LogP contribution in [-0.4, -0.2) is 29.0 Å². The van der Waals surface area contributed by atoms with Crippen LogP contribution in [0, 0.1) is 5.92 Å². The van der Waals surface area contributed by atoms with Crippen molar-refractivity contribution in [3.05, 3.63) is 107 Å². The molecule has 6 rings (SSSR count). The molecule has 1 saturated carbocycles. The molecule has 0 radical (unpaired) electrons. The first-order valence-electron chi connectivity index (χ1n) is 15.0. The van der Waals surface area contributed by atoms with Crippen molar-refractivity contribution >= 4 is 40.2 Å². The zero-order valence-corrected chi connectivity index (χ0v) is 25.1. The maximum atomic E-state index is 13.9. The number of anilines is 1. The van der Waals surface area contributed by atoms with Gasteiger partial charge in [-0.3, -0.25) is 4.79 Å². The highest BCUT2D eigenvalue weighted by atomic mass is 32.2. The molecule has 6 heteroatoms. The Balaban J connectivity index is 1.25. The molecule has 1 heterocycles. The van der Waals surface area contributed by atoms with Gasteiger partial charge in [-0.15, -0.1) is 0 Å². The van der Waals surface area contributed by atoms with Gasteiger partial charge in [0, 0.05) is 11.7 Å². The van der Waals surface area contributed by atoms with Crippen LogP contribution in [0.5, 0.6) is 11.5 Å². The fourth-order valence-corrected chi connectivity index (χ4v) is 7.31. The summed E-state index contributed by atoms with van der Waals surface area (Å²) in [5.41, 5.74) is 2.92. The summed E-state index contributed by atoms with van der Waals surface area (Å²) in [6, 6.07) is 31.0. The molecule has 0 bridgehead atoms. The first-order chi connectivity index (χ1) is 20.6. The van der Waals surface area contributed by atoms with Gasteiger partial charge >= 0.3 is 0 Å². The molecule has 4 aromatic rings. The Bertz CT molecular complexity index is 1570. The molecule has 1 amide bonds. The number of amides is 1. The summed E-state index contributed by atoms with van der Waals surface area (Å²) in [7, 11) is 0. The van der Waals surface area contributed by atoms with E-state index >= 15 is 0 Å². The molecule has 216 valence electrons. The Hall–Kier alpha value is -3.90. The van der Waals surface area contributed by atoms with Gasteiger partial charge in [-0.25, -0.2) is 0 Å². The van der Waals surface area contributed by atoms with Crippen LogP contribution in [0.3, 0.4) is 0 Å². The molecule has 2 aliphatic rings. The number of hydrogen-bond donors (Lipinski definition) is 1. The predicted octanol–water partition coefficient (Wildman–Crippen LogP) is 8.71. The van der Waals surface area contributed by atoms with Crippen LogP contribution in [-0.2, 0) is 11.4 Å². The van der Waals surface area contributed by atoms with E-state index in [0.717, 1.165) is 34.6 Å². The predicted molar refractivity (Wildman–Crippen MR) is 174 cm³/mol. The average molecular weight is 579 g/mol. The quantitative estimate of drug-likeness (QED) is 0.201. The van der Waals surface area contributed by atoms with E-state index in [0.29, 0.717) is 30.6 Å². The third-order valence-corrected chi connectivity index (χ3v) is 9.37. The zero-order chi connectivity index (χ0) is 28.9. The van der Waals surface area contributed by atoms with Crippen molar-refractivity contribution in [2.24, 2.45) is 5.92 Å². The van der Waals surface area contributed by atoms with Crippen molar-refractivity contribution < 1.29 is 14.3 Å². The minimum absolute atomic E-state index is 0.0985. The minimum atomic E-state index is -0.147. The molecule has 0 aromatic heterocycles. The summed E-state index contributed by atoms with van der Waals surface area (Å²) in [4.78, 5) is 16.8. The first kappa shape index (κ1) is 28.2. The van der Waals surface area contributed by atoms with Crippen LogP contribution in [0.2, 0.25) is 0 Å².